The maximum Gasteiger partial charge on any atom is 0.278 e. The highest BCUT2D eigenvalue weighted by molar-refractivity contribution is 5.95. The third-order valence-electron chi connectivity index (χ3n) is 6.22. The number of fused-ring (bicyclic) bond motifs is 3. The number of rotatable bonds is 5. The molecule has 0 fully saturated rings. The van der Waals surface area contributed by atoms with Crippen molar-refractivity contribution >= 4 is 22.5 Å². The molecule has 2 heterocycles. The van der Waals surface area contributed by atoms with Crippen LogP contribution in [-0.4, -0.2) is 20.3 Å². The molecule has 0 saturated heterocycles. The van der Waals surface area contributed by atoms with Crippen LogP contribution in [0.15, 0.2) is 71.7 Å². The van der Waals surface area contributed by atoms with Gasteiger partial charge in [0.05, 0.1) is 11.1 Å². The molecule has 0 spiro atoms. The molecule has 1 amide bonds. The molecule has 0 saturated carbocycles. The molecule has 0 bridgehead atoms. The molecule has 0 aromatic heterocycles. The molecule has 176 valence electrons. The van der Waals surface area contributed by atoms with Gasteiger partial charge in [0.15, 0.2) is 0 Å². The highest BCUT2D eigenvalue weighted by Gasteiger charge is 2.22. The summed E-state index contributed by atoms with van der Waals surface area (Å²) in [5.41, 5.74) is 5.88. The molecule has 2 aliphatic rings. The van der Waals surface area contributed by atoms with Gasteiger partial charge in [-0.2, -0.15) is 5.10 Å². The van der Waals surface area contributed by atoms with E-state index < -0.39 is 5.82 Å². The Morgan fingerprint density at radius 1 is 1.00 bits per heavy atom. The second-order valence-electron chi connectivity index (χ2n) is 8.95. The molecule has 2 aliphatic heterocycles. The van der Waals surface area contributed by atoms with Crippen molar-refractivity contribution in [3.63, 3.8) is 0 Å². The lowest BCUT2D eigenvalue weighted by Gasteiger charge is -2.14. The number of halogens is 1. The Labute approximate surface area is 202 Å². The number of hydrogen-bond donors (Lipinski definition) is 1. The number of hydrogen-bond acceptors (Lipinski definition) is 3. The van der Waals surface area contributed by atoms with Gasteiger partial charge in [0, 0.05) is 23.8 Å². The van der Waals surface area contributed by atoms with Crippen LogP contribution >= 0.6 is 0 Å². The number of carbonyl (C=O) groups is 1. The fourth-order valence-electron chi connectivity index (χ4n) is 4.52. The van der Waals surface area contributed by atoms with Crippen LogP contribution in [0, 0.1) is 26.6 Å². The summed E-state index contributed by atoms with van der Waals surface area (Å²) in [5.74, 6) is -0.766. The number of para-hydroxylation sites is 1. The highest BCUT2D eigenvalue weighted by Crippen LogP contribution is 2.29. The predicted molar refractivity (Wildman–Crippen MR) is 135 cm³/mol. The highest BCUT2D eigenvalue weighted by atomic mass is 19.1. The van der Waals surface area contributed by atoms with Gasteiger partial charge in [-0.25, -0.2) is 9.07 Å². The van der Waals surface area contributed by atoms with Crippen LogP contribution in [0.25, 0.3) is 22.2 Å². The van der Waals surface area contributed by atoms with Gasteiger partial charge < -0.3 is 9.88 Å². The SMILES string of the molecule is Cc1cccc(Cn2cc3c(=O)n(CC(=O)Nc4c(C)cccc4C)nc-3c3cc(F)ccc32)c1. The summed E-state index contributed by atoms with van der Waals surface area (Å²) in [4.78, 5) is 26.0. The first-order valence-corrected chi connectivity index (χ1v) is 11.4. The standard InChI is InChI=1S/C28H25FN4O2/c1-17-6-4-9-20(12-17)14-32-15-23-27(22-13-21(29)10-11-24(22)32)31-33(28(23)35)16-25(34)30-26-18(2)7-5-8-19(26)3/h4-13,15H,14,16H2,1-3H3,(H,30,34). The van der Waals surface area contributed by atoms with E-state index in [1.165, 1.54) is 12.1 Å². The Balaban J connectivity index is 1.56. The molecule has 5 rings (SSSR count). The average Bonchev–Trinajstić information content (AvgIpc) is 3.12. The summed E-state index contributed by atoms with van der Waals surface area (Å²) < 4.78 is 17.3. The lowest BCUT2D eigenvalue weighted by Crippen LogP contribution is -2.26. The lowest BCUT2D eigenvalue weighted by molar-refractivity contribution is -0.117. The van der Waals surface area contributed by atoms with E-state index in [1.807, 2.05) is 61.7 Å². The minimum Gasteiger partial charge on any atom is -0.342 e. The van der Waals surface area contributed by atoms with E-state index in [0.717, 1.165) is 38.1 Å². The second-order valence-corrected chi connectivity index (χ2v) is 8.95. The van der Waals surface area contributed by atoms with E-state index in [4.69, 9.17) is 0 Å². The molecule has 1 N–H and O–H groups in total. The first kappa shape index (κ1) is 22.5. The summed E-state index contributed by atoms with van der Waals surface area (Å²) >= 11 is 0. The minimum absolute atomic E-state index is 0.240. The molecule has 0 unspecified atom stereocenters. The molecule has 0 atom stereocenters. The molecular formula is C28H25FN4O2. The van der Waals surface area contributed by atoms with Crippen molar-refractivity contribution < 1.29 is 9.18 Å². The number of nitrogens with one attached hydrogen (secondary N) is 1. The number of pyridine rings is 1. The molecule has 0 aliphatic carbocycles. The van der Waals surface area contributed by atoms with E-state index in [0.29, 0.717) is 23.2 Å². The summed E-state index contributed by atoms with van der Waals surface area (Å²) in [6.45, 7) is 6.12. The monoisotopic (exact) mass is 468 g/mol. The van der Waals surface area contributed by atoms with Crippen molar-refractivity contribution in [1.82, 2.24) is 14.3 Å². The molecule has 7 heteroatoms. The maximum absolute atomic E-state index is 14.2. The van der Waals surface area contributed by atoms with E-state index in [2.05, 4.69) is 16.5 Å². The van der Waals surface area contributed by atoms with Crippen molar-refractivity contribution in [2.75, 3.05) is 5.32 Å². The number of nitrogens with zero attached hydrogens (tertiary/aromatic N) is 3. The summed E-state index contributed by atoms with van der Waals surface area (Å²) in [5, 5.41) is 7.85. The minimum atomic E-state index is -0.415. The van der Waals surface area contributed by atoms with Gasteiger partial charge in [-0.15, -0.1) is 0 Å². The van der Waals surface area contributed by atoms with E-state index in [1.54, 1.807) is 12.3 Å². The van der Waals surface area contributed by atoms with E-state index >= 15 is 0 Å². The van der Waals surface area contributed by atoms with Crippen LogP contribution in [0.4, 0.5) is 10.1 Å². The van der Waals surface area contributed by atoms with Crippen molar-refractivity contribution in [3.8, 4) is 11.3 Å². The third kappa shape index (κ3) is 4.33. The first-order chi connectivity index (χ1) is 16.8. The zero-order valence-electron chi connectivity index (χ0n) is 19.8. The van der Waals surface area contributed by atoms with Gasteiger partial charge >= 0.3 is 0 Å². The summed E-state index contributed by atoms with van der Waals surface area (Å²) in [6.07, 6.45) is 1.74. The van der Waals surface area contributed by atoms with Crippen LogP contribution in [-0.2, 0) is 17.9 Å². The molecule has 35 heavy (non-hydrogen) atoms. The number of aromatic nitrogens is 3. The predicted octanol–water partition coefficient (Wildman–Crippen LogP) is 5.05. The van der Waals surface area contributed by atoms with Crippen molar-refractivity contribution in [2.24, 2.45) is 0 Å². The Hall–Kier alpha value is -4.26. The van der Waals surface area contributed by atoms with Crippen LogP contribution in [0.2, 0.25) is 0 Å². The fraction of sp³-hybridized carbons (Fsp3) is 0.179. The fourth-order valence-corrected chi connectivity index (χ4v) is 4.52. The largest absolute Gasteiger partial charge is 0.342 e. The summed E-state index contributed by atoms with van der Waals surface area (Å²) in [6, 6.07) is 18.3. The van der Waals surface area contributed by atoms with Crippen LogP contribution in [0.1, 0.15) is 22.3 Å². The lowest BCUT2D eigenvalue weighted by atomic mass is 10.1. The van der Waals surface area contributed by atoms with Crippen molar-refractivity contribution in [2.45, 2.75) is 33.9 Å². The van der Waals surface area contributed by atoms with Gasteiger partial charge in [-0.3, -0.25) is 9.59 Å². The van der Waals surface area contributed by atoms with Crippen LogP contribution in [0.5, 0.6) is 0 Å². The van der Waals surface area contributed by atoms with Crippen LogP contribution < -0.4 is 10.9 Å². The summed E-state index contributed by atoms with van der Waals surface area (Å²) in [7, 11) is 0. The van der Waals surface area contributed by atoms with Gasteiger partial charge in [0.1, 0.15) is 18.1 Å². The Kier molecular flexibility index (Phi) is 5.68. The number of carbonyl (C=O) groups excluding carboxylic acids is 1. The first-order valence-electron chi connectivity index (χ1n) is 11.4. The normalized spacial score (nSPS) is 11.3. The molecule has 6 nitrogen and oxygen atoms in total. The number of amides is 1. The maximum atomic E-state index is 14.2. The number of benzene rings is 3. The Bertz CT molecular complexity index is 1600. The zero-order chi connectivity index (χ0) is 24.7. The topological polar surface area (TPSA) is 68.9 Å². The van der Waals surface area contributed by atoms with Crippen molar-refractivity contribution in [1.29, 1.82) is 0 Å². The zero-order valence-corrected chi connectivity index (χ0v) is 19.8. The van der Waals surface area contributed by atoms with Crippen LogP contribution in [0.3, 0.4) is 0 Å². The Morgan fingerprint density at radius 2 is 1.74 bits per heavy atom. The van der Waals surface area contributed by atoms with E-state index in [9.17, 15) is 14.0 Å². The quantitative estimate of drug-likeness (QED) is 0.392. The van der Waals surface area contributed by atoms with Crippen molar-refractivity contribution in [3.05, 3.63) is 105 Å². The van der Waals surface area contributed by atoms with Gasteiger partial charge in [0.25, 0.3) is 5.56 Å². The molecule has 3 aromatic rings. The van der Waals surface area contributed by atoms with Gasteiger partial charge in [-0.05, 0) is 55.7 Å². The smallest absolute Gasteiger partial charge is 0.278 e. The third-order valence-corrected chi connectivity index (χ3v) is 6.22. The van der Waals surface area contributed by atoms with E-state index in [-0.39, 0.29) is 18.0 Å². The number of aryl methyl sites for hydroxylation is 3. The molecular weight excluding hydrogens is 443 g/mol. The molecule has 3 aromatic carbocycles. The molecule has 0 radical (unpaired) electrons. The average molecular weight is 469 g/mol. The Morgan fingerprint density at radius 3 is 2.49 bits per heavy atom. The number of anilines is 1. The second kappa shape index (κ2) is 8.83. The van der Waals surface area contributed by atoms with Gasteiger partial charge in [0.2, 0.25) is 5.91 Å². The van der Waals surface area contributed by atoms with Gasteiger partial charge in [-0.1, -0.05) is 48.0 Å².